The SMILES string of the molecule is CC(C)c1nc2ccccc2c(=O)n1N=Cc1cc(Br)ccc1OC(=O)/C=C/c1ccc([N+](=O)[O-])cc1. The fraction of sp³-hybridized carbons (Fsp3) is 0.111. The summed E-state index contributed by atoms with van der Waals surface area (Å²) >= 11 is 3.41. The smallest absolute Gasteiger partial charge is 0.336 e. The van der Waals surface area contributed by atoms with Gasteiger partial charge in [0, 0.05) is 34.2 Å². The minimum atomic E-state index is -0.650. The second-order valence-electron chi connectivity index (χ2n) is 8.29. The number of rotatable bonds is 7. The van der Waals surface area contributed by atoms with Gasteiger partial charge in [-0.2, -0.15) is 9.78 Å². The van der Waals surface area contributed by atoms with Crippen molar-refractivity contribution >= 4 is 50.8 Å². The van der Waals surface area contributed by atoms with Crippen LogP contribution in [0.25, 0.3) is 17.0 Å². The lowest BCUT2D eigenvalue weighted by Crippen LogP contribution is -2.23. The van der Waals surface area contributed by atoms with Crippen LogP contribution in [0.4, 0.5) is 5.69 Å². The Morgan fingerprint density at radius 3 is 2.57 bits per heavy atom. The van der Waals surface area contributed by atoms with Crippen LogP contribution in [0.15, 0.2) is 87.2 Å². The van der Waals surface area contributed by atoms with Crippen molar-refractivity contribution in [2.75, 3.05) is 0 Å². The highest BCUT2D eigenvalue weighted by molar-refractivity contribution is 9.10. The lowest BCUT2D eigenvalue weighted by atomic mass is 10.2. The molecule has 0 aliphatic heterocycles. The van der Waals surface area contributed by atoms with Crippen LogP contribution in [-0.4, -0.2) is 26.8 Å². The zero-order chi connectivity index (χ0) is 26.5. The van der Waals surface area contributed by atoms with Crippen molar-refractivity contribution in [3.8, 4) is 5.75 Å². The van der Waals surface area contributed by atoms with Crippen LogP contribution in [0.3, 0.4) is 0 Å². The van der Waals surface area contributed by atoms with Gasteiger partial charge in [0.25, 0.3) is 11.2 Å². The Morgan fingerprint density at radius 1 is 1.14 bits per heavy atom. The van der Waals surface area contributed by atoms with E-state index in [9.17, 15) is 19.7 Å². The molecule has 0 aliphatic carbocycles. The Labute approximate surface area is 220 Å². The molecule has 1 heterocycles. The summed E-state index contributed by atoms with van der Waals surface area (Å²) in [6, 6.07) is 17.9. The molecule has 1 aromatic heterocycles. The number of hydrogen-bond donors (Lipinski definition) is 0. The van der Waals surface area contributed by atoms with Gasteiger partial charge in [-0.1, -0.05) is 41.9 Å². The molecule has 0 unspecified atom stereocenters. The van der Waals surface area contributed by atoms with E-state index in [4.69, 9.17) is 4.74 Å². The standard InChI is InChI=1S/C27H21BrN4O5/c1-17(2)26-30-23-6-4-3-5-22(23)27(34)31(26)29-16-19-15-20(28)10-13-24(19)37-25(33)14-9-18-7-11-21(12-8-18)32(35)36/h3-17H,1-2H3/b14-9+,29-16?. The number of fused-ring (bicyclic) bond motifs is 1. The van der Waals surface area contributed by atoms with Gasteiger partial charge in [-0.05, 0) is 54.1 Å². The highest BCUT2D eigenvalue weighted by Gasteiger charge is 2.14. The molecule has 0 fully saturated rings. The maximum Gasteiger partial charge on any atom is 0.336 e. The van der Waals surface area contributed by atoms with Crippen molar-refractivity contribution in [1.29, 1.82) is 0 Å². The Kier molecular flexibility index (Phi) is 7.69. The number of halogens is 1. The third-order valence-corrected chi connectivity index (χ3v) is 5.80. The van der Waals surface area contributed by atoms with Crippen molar-refractivity contribution in [1.82, 2.24) is 9.66 Å². The number of benzene rings is 3. The van der Waals surface area contributed by atoms with E-state index in [0.717, 1.165) is 4.47 Å². The first-order chi connectivity index (χ1) is 17.7. The second kappa shape index (κ2) is 11.1. The number of ether oxygens (including phenoxy) is 1. The topological polar surface area (TPSA) is 117 Å². The van der Waals surface area contributed by atoms with Gasteiger partial charge in [-0.3, -0.25) is 14.9 Å². The third kappa shape index (κ3) is 6.04. The van der Waals surface area contributed by atoms with E-state index < -0.39 is 10.9 Å². The molecule has 0 amide bonds. The number of carbonyl (C=O) groups is 1. The van der Waals surface area contributed by atoms with Crippen LogP contribution in [-0.2, 0) is 4.79 Å². The van der Waals surface area contributed by atoms with Gasteiger partial charge in [-0.25, -0.2) is 9.78 Å². The molecule has 0 saturated heterocycles. The molecule has 37 heavy (non-hydrogen) atoms. The molecule has 0 N–H and O–H groups in total. The molecular formula is C27H21BrN4O5. The Morgan fingerprint density at radius 2 is 1.86 bits per heavy atom. The fourth-order valence-corrected chi connectivity index (χ4v) is 3.85. The quantitative estimate of drug-likeness (QED) is 0.0715. The maximum absolute atomic E-state index is 13.2. The van der Waals surface area contributed by atoms with Crippen LogP contribution in [0.2, 0.25) is 0 Å². The summed E-state index contributed by atoms with van der Waals surface area (Å²) in [4.78, 5) is 40.5. The number of hydrogen-bond acceptors (Lipinski definition) is 7. The van der Waals surface area contributed by atoms with Gasteiger partial charge >= 0.3 is 5.97 Å². The van der Waals surface area contributed by atoms with E-state index in [1.54, 1.807) is 36.4 Å². The number of nitro benzene ring substituents is 1. The molecule has 9 nitrogen and oxygen atoms in total. The first-order valence-corrected chi connectivity index (χ1v) is 12.0. The summed E-state index contributed by atoms with van der Waals surface area (Å²) in [5.41, 5.74) is 1.32. The molecule has 0 bridgehead atoms. The molecule has 0 atom stereocenters. The molecule has 0 radical (unpaired) electrons. The molecular weight excluding hydrogens is 540 g/mol. The van der Waals surface area contributed by atoms with E-state index in [1.807, 2.05) is 19.9 Å². The summed E-state index contributed by atoms with van der Waals surface area (Å²) in [5, 5.41) is 15.6. The van der Waals surface area contributed by atoms with Crippen LogP contribution in [0.5, 0.6) is 5.75 Å². The van der Waals surface area contributed by atoms with Gasteiger partial charge in [0.2, 0.25) is 0 Å². The summed E-state index contributed by atoms with van der Waals surface area (Å²) in [6.45, 7) is 3.85. The van der Waals surface area contributed by atoms with E-state index in [2.05, 4.69) is 26.0 Å². The monoisotopic (exact) mass is 560 g/mol. The molecule has 4 rings (SSSR count). The highest BCUT2D eigenvalue weighted by Crippen LogP contribution is 2.23. The van der Waals surface area contributed by atoms with E-state index >= 15 is 0 Å². The van der Waals surface area contributed by atoms with Gasteiger partial charge < -0.3 is 4.74 Å². The Balaban J connectivity index is 1.62. The Hall–Kier alpha value is -4.44. The number of para-hydroxylation sites is 1. The van der Waals surface area contributed by atoms with E-state index in [1.165, 1.54) is 47.3 Å². The molecule has 0 spiro atoms. The van der Waals surface area contributed by atoms with Crippen LogP contribution in [0, 0.1) is 10.1 Å². The molecule has 4 aromatic rings. The number of non-ortho nitro benzene ring substituents is 1. The number of nitro groups is 1. The minimum absolute atomic E-state index is 0.0418. The van der Waals surface area contributed by atoms with Gasteiger partial charge in [0.05, 0.1) is 22.0 Å². The van der Waals surface area contributed by atoms with E-state index in [0.29, 0.717) is 27.9 Å². The maximum atomic E-state index is 13.2. The summed E-state index contributed by atoms with van der Waals surface area (Å²) in [7, 11) is 0. The predicted molar refractivity (Wildman–Crippen MR) is 145 cm³/mol. The Bertz CT molecular complexity index is 1610. The molecule has 0 saturated carbocycles. The second-order valence-corrected chi connectivity index (χ2v) is 9.20. The number of aromatic nitrogens is 2. The normalized spacial score (nSPS) is 11.6. The van der Waals surface area contributed by atoms with Gasteiger partial charge in [0.15, 0.2) is 0 Å². The number of nitrogens with zero attached hydrogens (tertiary/aromatic N) is 4. The van der Waals surface area contributed by atoms with Crippen LogP contribution in [0.1, 0.15) is 36.7 Å². The van der Waals surface area contributed by atoms with Gasteiger partial charge in [-0.15, -0.1) is 0 Å². The minimum Gasteiger partial charge on any atom is -0.423 e. The zero-order valence-electron chi connectivity index (χ0n) is 19.9. The molecule has 3 aromatic carbocycles. The third-order valence-electron chi connectivity index (χ3n) is 5.31. The molecule has 10 heteroatoms. The van der Waals surface area contributed by atoms with Crippen LogP contribution >= 0.6 is 15.9 Å². The zero-order valence-corrected chi connectivity index (χ0v) is 21.5. The molecule has 186 valence electrons. The number of carbonyl (C=O) groups excluding carboxylic acids is 1. The fourth-order valence-electron chi connectivity index (χ4n) is 3.47. The summed E-state index contributed by atoms with van der Waals surface area (Å²) < 4.78 is 7.48. The largest absolute Gasteiger partial charge is 0.423 e. The average molecular weight is 561 g/mol. The van der Waals surface area contributed by atoms with Crippen LogP contribution < -0.4 is 10.3 Å². The number of esters is 1. The first-order valence-electron chi connectivity index (χ1n) is 11.2. The highest BCUT2D eigenvalue weighted by atomic mass is 79.9. The summed E-state index contributed by atoms with van der Waals surface area (Å²) in [6.07, 6.45) is 4.16. The summed E-state index contributed by atoms with van der Waals surface area (Å²) in [5.74, 6) is 0.0132. The van der Waals surface area contributed by atoms with E-state index in [-0.39, 0.29) is 22.9 Å². The predicted octanol–water partition coefficient (Wildman–Crippen LogP) is 5.69. The van der Waals surface area contributed by atoms with Gasteiger partial charge in [0.1, 0.15) is 11.6 Å². The van der Waals surface area contributed by atoms with Crippen molar-refractivity contribution in [2.45, 2.75) is 19.8 Å². The lowest BCUT2D eigenvalue weighted by Gasteiger charge is -2.12. The van der Waals surface area contributed by atoms with Crippen molar-refractivity contribution < 1.29 is 14.5 Å². The lowest BCUT2D eigenvalue weighted by molar-refractivity contribution is -0.384. The van der Waals surface area contributed by atoms with Crippen molar-refractivity contribution in [3.63, 3.8) is 0 Å². The molecule has 0 aliphatic rings. The van der Waals surface area contributed by atoms with Crippen molar-refractivity contribution in [2.24, 2.45) is 5.10 Å². The van der Waals surface area contributed by atoms with Crippen molar-refractivity contribution in [3.05, 3.63) is 115 Å². The average Bonchev–Trinajstić information content (AvgIpc) is 2.88. The first kappa shape index (κ1) is 25.6.